The molecule has 0 spiro atoms. The number of aromatic nitrogens is 3. The lowest BCUT2D eigenvalue weighted by Crippen LogP contribution is -2.45. The standard InChI is InChI=1S/C16H21N5O2S/c1-2-11-8-14(23)21-15(18-11)24-16(19-21)20-6-4-3-5-12(20)10-7-13(22)17-9-10/h8,10,12H,2-7,9H2,1H3,(H,17,22)/t10-,12-/m1/s1. The monoisotopic (exact) mass is 347 g/mol. The predicted molar refractivity (Wildman–Crippen MR) is 92.6 cm³/mol. The molecular weight excluding hydrogens is 326 g/mol. The van der Waals surface area contributed by atoms with Gasteiger partial charge in [-0.1, -0.05) is 18.3 Å². The third kappa shape index (κ3) is 2.68. The molecule has 2 aliphatic rings. The molecule has 0 radical (unpaired) electrons. The number of rotatable bonds is 3. The summed E-state index contributed by atoms with van der Waals surface area (Å²) >= 11 is 1.47. The number of hydrogen-bond acceptors (Lipinski definition) is 6. The summed E-state index contributed by atoms with van der Waals surface area (Å²) in [6, 6.07) is 1.86. The summed E-state index contributed by atoms with van der Waals surface area (Å²) in [7, 11) is 0. The van der Waals surface area contributed by atoms with E-state index in [1.165, 1.54) is 22.3 Å². The first-order valence-electron chi connectivity index (χ1n) is 8.59. The number of fused-ring (bicyclic) bond motifs is 1. The van der Waals surface area contributed by atoms with Gasteiger partial charge in [0.1, 0.15) is 0 Å². The number of amides is 1. The summed E-state index contributed by atoms with van der Waals surface area (Å²) in [5, 5.41) is 8.32. The SMILES string of the molecule is CCc1cc(=O)n2nc(N3CCCC[C@@H]3[C@H]3CNC(=O)C3)sc2n1. The smallest absolute Gasteiger partial charge is 0.275 e. The number of aryl methyl sites for hydroxylation is 1. The Balaban J connectivity index is 1.70. The summed E-state index contributed by atoms with van der Waals surface area (Å²) in [4.78, 5) is 31.3. The quantitative estimate of drug-likeness (QED) is 0.903. The lowest BCUT2D eigenvalue weighted by Gasteiger charge is -2.38. The number of anilines is 1. The van der Waals surface area contributed by atoms with Crippen molar-refractivity contribution in [2.24, 2.45) is 5.92 Å². The van der Waals surface area contributed by atoms with Crippen molar-refractivity contribution in [3.63, 3.8) is 0 Å². The lowest BCUT2D eigenvalue weighted by atomic mass is 9.90. The molecule has 0 aromatic carbocycles. The minimum atomic E-state index is -0.120. The van der Waals surface area contributed by atoms with Crippen LogP contribution in [0.5, 0.6) is 0 Å². The van der Waals surface area contributed by atoms with Crippen LogP contribution < -0.4 is 15.8 Å². The van der Waals surface area contributed by atoms with Crippen molar-refractivity contribution in [2.45, 2.75) is 45.1 Å². The van der Waals surface area contributed by atoms with E-state index in [0.717, 1.165) is 43.2 Å². The molecule has 2 fully saturated rings. The normalized spacial score (nSPS) is 24.5. The maximum Gasteiger partial charge on any atom is 0.275 e. The van der Waals surface area contributed by atoms with Crippen LogP contribution in [0.4, 0.5) is 5.13 Å². The number of carbonyl (C=O) groups is 1. The molecule has 0 unspecified atom stereocenters. The van der Waals surface area contributed by atoms with Gasteiger partial charge in [0.25, 0.3) is 5.56 Å². The Morgan fingerprint density at radius 3 is 3.00 bits per heavy atom. The van der Waals surface area contributed by atoms with Crippen molar-refractivity contribution in [1.29, 1.82) is 0 Å². The Kier molecular flexibility index (Phi) is 3.99. The van der Waals surface area contributed by atoms with E-state index in [1.807, 2.05) is 6.92 Å². The Hall–Kier alpha value is -1.96. The van der Waals surface area contributed by atoms with Crippen LogP contribution in [0.2, 0.25) is 0 Å². The molecular formula is C16H21N5O2S. The molecule has 1 amide bonds. The van der Waals surface area contributed by atoms with E-state index in [2.05, 4.69) is 20.3 Å². The van der Waals surface area contributed by atoms with Crippen molar-refractivity contribution in [2.75, 3.05) is 18.0 Å². The van der Waals surface area contributed by atoms with Gasteiger partial charge in [-0.3, -0.25) is 9.59 Å². The highest BCUT2D eigenvalue weighted by atomic mass is 32.1. The summed E-state index contributed by atoms with van der Waals surface area (Å²) in [6.45, 7) is 3.65. The molecule has 0 aliphatic carbocycles. The summed E-state index contributed by atoms with van der Waals surface area (Å²) < 4.78 is 1.41. The summed E-state index contributed by atoms with van der Waals surface area (Å²) in [6.07, 6.45) is 4.68. The van der Waals surface area contributed by atoms with Crippen LogP contribution in [-0.4, -0.2) is 39.6 Å². The minimum Gasteiger partial charge on any atom is -0.356 e. The van der Waals surface area contributed by atoms with Crippen LogP contribution in [0.25, 0.3) is 4.96 Å². The van der Waals surface area contributed by atoms with E-state index in [1.54, 1.807) is 6.07 Å². The molecule has 2 atom stereocenters. The highest BCUT2D eigenvalue weighted by molar-refractivity contribution is 7.20. The van der Waals surface area contributed by atoms with Gasteiger partial charge in [-0.2, -0.15) is 4.52 Å². The summed E-state index contributed by atoms with van der Waals surface area (Å²) in [5.41, 5.74) is 0.682. The third-order valence-corrected chi connectivity index (χ3v) is 5.94. The Morgan fingerprint density at radius 2 is 2.25 bits per heavy atom. The van der Waals surface area contributed by atoms with E-state index in [9.17, 15) is 9.59 Å². The molecule has 0 saturated carbocycles. The van der Waals surface area contributed by atoms with Gasteiger partial charge in [0, 0.05) is 43.2 Å². The second-order valence-corrected chi connectivity index (χ2v) is 7.48. The van der Waals surface area contributed by atoms with Gasteiger partial charge in [-0.15, -0.1) is 5.10 Å². The highest BCUT2D eigenvalue weighted by Gasteiger charge is 2.36. The van der Waals surface area contributed by atoms with Gasteiger partial charge < -0.3 is 10.2 Å². The zero-order valence-electron chi connectivity index (χ0n) is 13.7. The largest absolute Gasteiger partial charge is 0.356 e. The topological polar surface area (TPSA) is 79.6 Å². The number of piperidine rings is 1. The first kappa shape index (κ1) is 15.6. The molecule has 1 N–H and O–H groups in total. The predicted octanol–water partition coefficient (Wildman–Crippen LogP) is 1.21. The van der Waals surface area contributed by atoms with Crippen molar-refractivity contribution < 1.29 is 4.79 Å². The van der Waals surface area contributed by atoms with Gasteiger partial charge >= 0.3 is 0 Å². The van der Waals surface area contributed by atoms with Gasteiger partial charge in [0.15, 0.2) is 0 Å². The molecule has 8 heteroatoms. The molecule has 2 aromatic heterocycles. The molecule has 0 bridgehead atoms. The first-order valence-corrected chi connectivity index (χ1v) is 9.40. The number of nitrogens with zero attached hydrogens (tertiary/aromatic N) is 4. The van der Waals surface area contributed by atoms with Crippen LogP contribution in [0.3, 0.4) is 0 Å². The van der Waals surface area contributed by atoms with Gasteiger partial charge in [0.05, 0.1) is 0 Å². The number of carbonyl (C=O) groups excluding carboxylic acids is 1. The zero-order valence-corrected chi connectivity index (χ0v) is 14.5. The van der Waals surface area contributed by atoms with Gasteiger partial charge in [-0.05, 0) is 25.7 Å². The minimum absolute atomic E-state index is 0.120. The second kappa shape index (κ2) is 6.16. The van der Waals surface area contributed by atoms with Gasteiger partial charge in [-0.25, -0.2) is 4.98 Å². The van der Waals surface area contributed by atoms with Crippen molar-refractivity contribution in [3.8, 4) is 0 Å². The Labute approximate surface area is 143 Å². The molecule has 128 valence electrons. The zero-order chi connectivity index (χ0) is 16.7. The Morgan fingerprint density at radius 1 is 1.38 bits per heavy atom. The fourth-order valence-electron chi connectivity index (χ4n) is 3.73. The maximum atomic E-state index is 12.2. The first-order chi connectivity index (χ1) is 11.7. The molecule has 2 aliphatic heterocycles. The lowest BCUT2D eigenvalue weighted by molar-refractivity contribution is -0.119. The van der Waals surface area contributed by atoms with E-state index < -0.39 is 0 Å². The van der Waals surface area contributed by atoms with Crippen LogP contribution in [0, 0.1) is 5.92 Å². The molecule has 2 saturated heterocycles. The third-order valence-electron chi connectivity index (χ3n) is 5.00. The van der Waals surface area contributed by atoms with E-state index in [0.29, 0.717) is 23.3 Å². The number of nitrogens with one attached hydrogen (secondary N) is 1. The maximum absolute atomic E-state index is 12.2. The summed E-state index contributed by atoms with van der Waals surface area (Å²) in [5.74, 6) is 0.459. The average molecular weight is 347 g/mol. The fourth-order valence-corrected chi connectivity index (χ4v) is 4.74. The second-order valence-electron chi connectivity index (χ2n) is 6.54. The van der Waals surface area contributed by atoms with Crippen molar-refractivity contribution in [1.82, 2.24) is 19.9 Å². The van der Waals surface area contributed by atoms with Crippen LogP contribution in [-0.2, 0) is 11.2 Å². The van der Waals surface area contributed by atoms with Crippen molar-refractivity contribution >= 4 is 27.3 Å². The molecule has 4 heterocycles. The van der Waals surface area contributed by atoms with Crippen LogP contribution in [0.15, 0.2) is 10.9 Å². The van der Waals surface area contributed by atoms with Crippen LogP contribution in [0.1, 0.15) is 38.3 Å². The fraction of sp³-hybridized carbons (Fsp3) is 0.625. The highest BCUT2D eigenvalue weighted by Crippen LogP contribution is 2.33. The molecule has 7 nitrogen and oxygen atoms in total. The van der Waals surface area contributed by atoms with E-state index in [4.69, 9.17) is 0 Å². The molecule has 4 rings (SSSR count). The average Bonchev–Trinajstić information content (AvgIpc) is 3.21. The molecule has 24 heavy (non-hydrogen) atoms. The van der Waals surface area contributed by atoms with Gasteiger partial charge in [0.2, 0.25) is 16.0 Å². The van der Waals surface area contributed by atoms with E-state index in [-0.39, 0.29) is 11.5 Å². The van der Waals surface area contributed by atoms with E-state index >= 15 is 0 Å². The number of hydrogen-bond donors (Lipinski definition) is 1. The van der Waals surface area contributed by atoms with Crippen molar-refractivity contribution in [3.05, 3.63) is 22.1 Å². The van der Waals surface area contributed by atoms with Crippen LogP contribution >= 0.6 is 11.3 Å². The molecule has 2 aromatic rings. The Bertz CT molecular complexity index is 829.